The zero-order valence-electron chi connectivity index (χ0n) is 12.5. The van der Waals surface area contributed by atoms with E-state index in [9.17, 15) is 0 Å². The van der Waals surface area contributed by atoms with E-state index in [-0.39, 0.29) is 0 Å². The zero-order chi connectivity index (χ0) is 13.7. The van der Waals surface area contributed by atoms with Crippen molar-refractivity contribution in [2.24, 2.45) is 4.99 Å². The molecule has 1 heterocycles. The summed E-state index contributed by atoms with van der Waals surface area (Å²) in [6.45, 7) is 4.56. The van der Waals surface area contributed by atoms with Crippen LogP contribution in [0.1, 0.15) is 51.5 Å². The first kappa shape index (κ1) is 14.1. The number of benzene rings is 1. The summed E-state index contributed by atoms with van der Waals surface area (Å²) >= 11 is 0. The van der Waals surface area contributed by atoms with Crippen LogP contribution in [-0.4, -0.2) is 19.3 Å². The molecule has 1 aliphatic rings. The molecule has 0 radical (unpaired) electrons. The standard InChI is InChI=1S/C17H26N2/c1-4-5-8-14(2)19(3)16-11-10-15-9-6-7-12-18-17(15)13-16/h10-14H,4-9H2,1-3H3. The Bertz CT molecular complexity index is 437. The van der Waals surface area contributed by atoms with Crippen LogP contribution in [0.2, 0.25) is 0 Å². The SMILES string of the molecule is CCCCC(C)N(C)c1ccc2c(c1)N=CCCC2. The molecular weight excluding hydrogens is 232 g/mol. The van der Waals surface area contributed by atoms with Crippen LogP contribution in [0.3, 0.4) is 0 Å². The minimum atomic E-state index is 0.591. The second kappa shape index (κ2) is 6.74. The Morgan fingerprint density at radius 1 is 1.37 bits per heavy atom. The molecule has 1 aromatic rings. The lowest BCUT2D eigenvalue weighted by atomic mass is 10.1. The molecule has 2 nitrogen and oxygen atoms in total. The predicted molar refractivity (Wildman–Crippen MR) is 84.9 cm³/mol. The van der Waals surface area contributed by atoms with E-state index in [1.807, 2.05) is 0 Å². The van der Waals surface area contributed by atoms with E-state index in [2.05, 4.69) is 55.2 Å². The van der Waals surface area contributed by atoms with Gasteiger partial charge in [-0.2, -0.15) is 0 Å². The van der Waals surface area contributed by atoms with Crippen LogP contribution in [0, 0.1) is 0 Å². The lowest BCUT2D eigenvalue weighted by Gasteiger charge is -2.27. The van der Waals surface area contributed by atoms with Gasteiger partial charge in [0.05, 0.1) is 5.69 Å². The predicted octanol–water partition coefficient (Wildman–Crippen LogP) is 4.74. The van der Waals surface area contributed by atoms with Gasteiger partial charge in [-0.1, -0.05) is 25.8 Å². The van der Waals surface area contributed by atoms with Gasteiger partial charge in [0.25, 0.3) is 0 Å². The van der Waals surface area contributed by atoms with Crippen molar-refractivity contribution < 1.29 is 0 Å². The van der Waals surface area contributed by atoms with Crippen molar-refractivity contribution in [3.63, 3.8) is 0 Å². The van der Waals surface area contributed by atoms with Crippen molar-refractivity contribution in [1.29, 1.82) is 0 Å². The Balaban J connectivity index is 2.14. The summed E-state index contributed by atoms with van der Waals surface area (Å²) in [6.07, 6.45) is 9.38. The molecule has 19 heavy (non-hydrogen) atoms. The maximum atomic E-state index is 4.60. The first-order valence-corrected chi connectivity index (χ1v) is 7.60. The molecule has 0 saturated carbocycles. The highest BCUT2D eigenvalue weighted by atomic mass is 15.1. The van der Waals surface area contributed by atoms with Gasteiger partial charge in [-0.05, 0) is 50.3 Å². The van der Waals surface area contributed by atoms with Crippen molar-refractivity contribution in [3.05, 3.63) is 23.8 Å². The molecule has 0 saturated heterocycles. The van der Waals surface area contributed by atoms with Gasteiger partial charge >= 0.3 is 0 Å². The normalized spacial score (nSPS) is 15.7. The molecule has 1 aromatic carbocycles. The number of aliphatic imine (C=N–C) groups is 1. The maximum absolute atomic E-state index is 4.60. The number of aryl methyl sites for hydroxylation is 1. The zero-order valence-corrected chi connectivity index (χ0v) is 12.5. The molecule has 0 aromatic heterocycles. The average Bonchev–Trinajstić information content (AvgIpc) is 2.68. The number of fused-ring (bicyclic) bond motifs is 1. The molecule has 0 fully saturated rings. The van der Waals surface area contributed by atoms with Gasteiger partial charge in [0.2, 0.25) is 0 Å². The third kappa shape index (κ3) is 3.59. The van der Waals surface area contributed by atoms with E-state index in [1.54, 1.807) is 0 Å². The summed E-state index contributed by atoms with van der Waals surface area (Å²) in [5, 5.41) is 0. The van der Waals surface area contributed by atoms with E-state index in [1.165, 1.54) is 42.6 Å². The Kier molecular flexibility index (Phi) is 5.00. The molecule has 1 aliphatic heterocycles. The van der Waals surface area contributed by atoms with Gasteiger partial charge in [0, 0.05) is 25.0 Å². The van der Waals surface area contributed by atoms with E-state index in [0.717, 1.165) is 12.8 Å². The van der Waals surface area contributed by atoms with Crippen molar-refractivity contribution in [2.75, 3.05) is 11.9 Å². The van der Waals surface area contributed by atoms with Gasteiger partial charge < -0.3 is 4.90 Å². The largest absolute Gasteiger partial charge is 0.372 e. The van der Waals surface area contributed by atoms with Crippen molar-refractivity contribution >= 4 is 17.6 Å². The fraction of sp³-hybridized carbons (Fsp3) is 0.588. The summed E-state index contributed by atoms with van der Waals surface area (Å²) < 4.78 is 0. The van der Waals surface area contributed by atoms with E-state index < -0.39 is 0 Å². The van der Waals surface area contributed by atoms with Crippen LogP contribution in [0.5, 0.6) is 0 Å². The molecule has 1 atom stereocenters. The Morgan fingerprint density at radius 3 is 3.00 bits per heavy atom. The molecule has 0 amide bonds. The van der Waals surface area contributed by atoms with Crippen LogP contribution in [0.25, 0.3) is 0 Å². The van der Waals surface area contributed by atoms with Crippen LogP contribution in [0.15, 0.2) is 23.2 Å². The monoisotopic (exact) mass is 258 g/mol. The van der Waals surface area contributed by atoms with Crippen LogP contribution in [0.4, 0.5) is 11.4 Å². The lowest BCUT2D eigenvalue weighted by molar-refractivity contribution is 0.588. The minimum Gasteiger partial charge on any atom is -0.372 e. The summed E-state index contributed by atoms with van der Waals surface area (Å²) in [4.78, 5) is 6.98. The molecule has 0 N–H and O–H groups in total. The Morgan fingerprint density at radius 2 is 2.21 bits per heavy atom. The van der Waals surface area contributed by atoms with Crippen molar-refractivity contribution in [3.8, 4) is 0 Å². The highest BCUT2D eigenvalue weighted by Crippen LogP contribution is 2.29. The molecule has 104 valence electrons. The van der Waals surface area contributed by atoms with Crippen LogP contribution >= 0.6 is 0 Å². The van der Waals surface area contributed by atoms with E-state index in [0.29, 0.717) is 6.04 Å². The Labute approximate surface area is 117 Å². The van der Waals surface area contributed by atoms with E-state index in [4.69, 9.17) is 0 Å². The molecule has 2 heteroatoms. The number of anilines is 1. The van der Waals surface area contributed by atoms with Gasteiger partial charge in [0.1, 0.15) is 0 Å². The summed E-state index contributed by atoms with van der Waals surface area (Å²) in [5.41, 5.74) is 3.86. The minimum absolute atomic E-state index is 0.591. The van der Waals surface area contributed by atoms with Gasteiger partial charge in [-0.25, -0.2) is 0 Å². The second-order valence-electron chi connectivity index (χ2n) is 5.62. The highest BCUT2D eigenvalue weighted by Gasteiger charge is 2.12. The number of unbranched alkanes of at least 4 members (excludes halogenated alkanes) is 1. The first-order chi connectivity index (χ1) is 9.22. The Hall–Kier alpha value is -1.31. The molecular formula is C17H26N2. The molecule has 1 unspecified atom stereocenters. The summed E-state index contributed by atoms with van der Waals surface area (Å²) in [7, 11) is 2.20. The van der Waals surface area contributed by atoms with Gasteiger partial charge in [-0.15, -0.1) is 0 Å². The molecule has 0 aliphatic carbocycles. The second-order valence-corrected chi connectivity index (χ2v) is 5.62. The first-order valence-electron chi connectivity index (χ1n) is 7.60. The van der Waals surface area contributed by atoms with Gasteiger partial charge in [0.15, 0.2) is 0 Å². The molecule has 0 bridgehead atoms. The third-order valence-corrected chi connectivity index (χ3v) is 4.12. The maximum Gasteiger partial charge on any atom is 0.0678 e. The highest BCUT2D eigenvalue weighted by molar-refractivity contribution is 5.69. The lowest BCUT2D eigenvalue weighted by Crippen LogP contribution is -2.28. The fourth-order valence-electron chi connectivity index (χ4n) is 2.60. The van der Waals surface area contributed by atoms with Crippen LogP contribution < -0.4 is 4.90 Å². The molecule has 0 spiro atoms. The van der Waals surface area contributed by atoms with Crippen molar-refractivity contribution in [2.45, 2.75) is 58.4 Å². The van der Waals surface area contributed by atoms with E-state index >= 15 is 0 Å². The number of hydrogen-bond donors (Lipinski definition) is 0. The van der Waals surface area contributed by atoms with Crippen molar-refractivity contribution in [1.82, 2.24) is 0 Å². The van der Waals surface area contributed by atoms with Gasteiger partial charge in [-0.3, -0.25) is 4.99 Å². The number of hydrogen-bond acceptors (Lipinski definition) is 2. The molecule has 2 rings (SSSR count). The quantitative estimate of drug-likeness (QED) is 0.744. The average molecular weight is 258 g/mol. The number of rotatable bonds is 5. The summed E-state index contributed by atoms with van der Waals surface area (Å²) in [5.74, 6) is 0. The third-order valence-electron chi connectivity index (χ3n) is 4.12. The fourth-order valence-corrected chi connectivity index (χ4v) is 2.60. The summed E-state index contributed by atoms with van der Waals surface area (Å²) in [6, 6.07) is 7.35. The van der Waals surface area contributed by atoms with Crippen LogP contribution in [-0.2, 0) is 6.42 Å². The number of nitrogens with zero attached hydrogens (tertiary/aromatic N) is 2. The topological polar surface area (TPSA) is 15.6 Å². The smallest absolute Gasteiger partial charge is 0.0678 e.